The van der Waals surface area contributed by atoms with Crippen LogP contribution in [0.4, 0.5) is 0 Å². The molecule has 0 saturated carbocycles. The van der Waals surface area contributed by atoms with Gasteiger partial charge in [-0.3, -0.25) is 19.6 Å². The monoisotopic (exact) mass is 524 g/mol. The van der Waals surface area contributed by atoms with Crippen molar-refractivity contribution in [2.45, 2.75) is 32.4 Å². The largest absolute Gasteiger partial charge is 0.337 e. The molecule has 0 atom stereocenters. The van der Waals surface area contributed by atoms with Gasteiger partial charge in [-0.05, 0) is 54.3 Å². The maximum absolute atomic E-state index is 12.9. The molecule has 1 aromatic carbocycles. The van der Waals surface area contributed by atoms with E-state index in [0.29, 0.717) is 55.3 Å². The first-order valence-corrected chi connectivity index (χ1v) is 12.7. The van der Waals surface area contributed by atoms with Crippen molar-refractivity contribution in [3.8, 4) is 0 Å². The van der Waals surface area contributed by atoms with Gasteiger partial charge >= 0.3 is 0 Å². The summed E-state index contributed by atoms with van der Waals surface area (Å²) >= 11 is 6.20. The first-order valence-electron chi connectivity index (χ1n) is 12.4. The molecular formula is C24H29ClN10O2. The van der Waals surface area contributed by atoms with Crippen LogP contribution in [0.3, 0.4) is 0 Å². The van der Waals surface area contributed by atoms with Crippen LogP contribution in [-0.4, -0.2) is 107 Å². The molecule has 2 aliphatic heterocycles. The SMILES string of the molecule is Cc1nnn(Cc2cc(Cl)ccc2/C=C/C(=O)N2CCN(C3CCN(C(=O)c4c[nH]nn4)CC3)CC2)n1. The quantitative estimate of drug-likeness (QED) is 0.477. The lowest BCUT2D eigenvalue weighted by atomic mass is 10.0. The molecular weight excluding hydrogens is 496 g/mol. The van der Waals surface area contributed by atoms with Crippen LogP contribution < -0.4 is 0 Å². The van der Waals surface area contributed by atoms with Gasteiger partial charge in [0.15, 0.2) is 11.5 Å². The van der Waals surface area contributed by atoms with E-state index < -0.39 is 0 Å². The van der Waals surface area contributed by atoms with Gasteiger partial charge < -0.3 is 9.80 Å². The Morgan fingerprint density at radius 1 is 1.08 bits per heavy atom. The number of H-pyrrole nitrogens is 1. The molecule has 3 aromatic rings. The summed E-state index contributed by atoms with van der Waals surface area (Å²) in [6.07, 6.45) is 6.80. The Balaban J connectivity index is 1.12. The van der Waals surface area contributed by atoms with Gasteiger partial charge in [0, 0.05) is 56.4 Å². The Morgan fingerprint density at radius 3 is 2.54 bits per heavy atom. The molecule has 2 saturated heterocycles. The molecule has 0 spiro atoms. The molecule has 13 heteroatoms. The van der Waals surface area contributed by atoms with Crippen molar-refractivity contribution in [1.82, 2.24) is 50.3 Å². The summed E-state index contributed by atoms with van der Waals surface area (Å²) in [5.74, 6) is 0.508. The maximum atomic E-state index is 12.9. The summed E-state index contributed by atoms with van der Waals surface area (Å²) in [5.41, 5.74) is 2.15. The third-order valence-corrected chi connectivity index (χ3v) is 7.14. The molecule has 2 amide bonds. The number of tetrazole rings is 1. The average molecular weight is 525 g/mol. The second kappa shape index (κ2) is 11.2. The summed E-state index contributed by atoms with van der Waals surface area (Å²) in [6, 6.07) is 5.97. The number of aromatic amines is 1. The summed E-state index contributed by atoms with van der Waals surface area (Å²) < 4.78 is 0. The number of piperazine rings is 1. The van der Waals surface area contributed by atoms with Gasteiger partial charge in [0.25, 0.3) is 5.91 Å². The second-order valence-electron chi connectivity index (χ2n) is 9.29. The second-order valence-corrected chi connectivity index (χ2v) is 9.72. The lowest BCUT2D eigenvalue weighted by Crippen LogP contribution is -2.54. The van der Waals surface area contributed by atoms with Crippen molar-refractivity contribution in [3.05, 3.63) is 58.1 Å². The van der Waals surface area contributed by atoms with Crippen molar-refractivity contribution >= 4 is 29.5 Å². The van der Waals surface area contributed by atoms with Gasteiger partial charge in [-0.2, -0.15) is 4.80 Å². The van der Waals surface area contributed by atoms with Crippen LogP contribution in [0, 0.1) is 6.92 Å². The van der Waals surface area contributed by atoms with Gasteiger partial charge in [-0.25, -0.2) is 0 Å². The highest BCUT2D eigenvalue weighted by molar-refractivity contribution is 6.30. The topological polar surface area (TPSA) is 129 Å². The first kappa shape index (κ1) is 25.0. The molecule has 0 aliphatic carbocycles. The van der Waals surface area contributed by atoms with E-state index in [4.69, 9.17) is 11.6 Å². The fraction of sp³-hybridized carbons (Fsp3) is 0.458. The van der Waals surface area contributed by atoms with Crippen molar-refractivity contribution in [2.24, 2.45) is 0 Å². The number of piperidine rings is 1. The van der Waals surface area contributed by atoms with Crippen LogP contribution in [0.5, 0.6) is 0 Å². The number of carbonyl (C=O) groups is 2. The standard InChI is InChI=1S/C24H29ClN10O2/c1-17-27-31-35(29-17)16-19-14-20(25)4-2-18(19)3-5-23(36)33-12-10-32(11-13-33)21-6-8-34(9-7-21)24(37)22-15-26-30-28-22/h2-5,14-15,21H,6-13,16H2,1H3,(H,26,28,30)/b5-3+. The minimum Gasteiger partial charge on any atom is -0.337 e. The fourth-order valence-electron chi connectivity index (χ4n) is 4.89. The Kier molecular flexibility index (Phi) is 7.56. The zero-order chi connectivity index (χ0) is 25.8. The molecule has 12 nitrogen and oxygen atoms in total. The normalized spacial score (nSPS) is 17.6. The van der Waals surface area contributed by atoms with E-state index in [2.05, 4.69) is 35.7 Å². The zero-order valence-electron chi connectivity index (χ0n) is 20.6. The molecule has 194 valence electrons. The lowest BCUT2D eigenvalue weighted by molar-refractivity contribution is -0.128. The molecule has 0 bridgehead atoms. The zero-order valence-corrected chi connectivity index (χ0v) is 21.4. The Labute approximate surface area is 219 Å². The maximum Gasteiger partial charge on any atom is 0.276 e. The Bertz CT molecular complexity index is 1260. The van der Waals surface area contributed by atoms with E-state index in [-0.39, 0.29) is 11.8 Å². The number of amides is 2. The van der Waals surface area contributed by atoms with Crippen molar-refractivity contribution in [1.29, 1.82) is 0 Å². The number of rotatable bonds is 6. The predicted octanol–water partition coefficient (Wildman–Crippen LogP) is 1.26. The van der Waals surface area contributed by atoms with Crippen LogP contribution in [0.25, 0.3) is 6.08 Å². The summed E-state index contributed by atoms with van der Waals surface area (Å²) in [6.45, 7) is 6.60. The van der Waals surface area contributed by atoms with Gasteiger partial charge in [-0.1, -0.05) is 22.9 Å². The molecule has 2 aromatic heterocycles. The number of likely N-dealkylation sites (tertiary alicyclic amines) is 1. The summed E-state index contributed by atoms with van der Waals surface area (Å²) in [4.78, 5) is 33.1. The predicted molar refractivity (Wildman–Crippen MR) is 136 cm³/mol. The van der Waals surface area contributed by atoms with E-state index in [1.807, 2.05) is 28.0 Å². The number of benzene rings is 1. The third kappa shape index (κ3) is 6.03. The number of hydrogen-bond acceptors (Lipinski definition) is 8. The van der Waals surface area contributed by atoms with Crippen LogP contribution in [0.2, 0.25) is 5.02 Å². The molecule has 4 heterocycles. The minimum absolute atomic E-state index is 0.0108. The Morgan fingerprint density at radius 2 is 1.86 bits per heavy atom. The van der Waals surface area contributed by atoms with E-state index in [9.17, 15) is 9.59 Å². The number of halogens is 1. The fourth-order valence-corrected chi connectivity index (χ4v) is 5.09. The summed E-state index contributed by atoms with van der Waals surface area (Å²) in [7, 11) is 0. The van der Waals surface area contributed by atoms with Crippen molar-refractivity contribution in [3.63, 3.8) is 0 Å². The molecule has 2 fully saturated rings. The van der Waals surface area contributed by atoms with Crippen LogP contribution in [0.1, 0.15) is 40.3 Å². The highest BCUT2D eigenvalue weighted by Crippen LogP contribution is 2.21. The Hall–Kier alpha value is -3.64. The molecule has 2 aliphatic rings. The van der Waals surface area contributed by atoms with Crippen LogP contribution in [-0.2, 0) is 11.3 Å². The van der Waals surface area contributed by atoms with E-state index in [1.54, 1.807) is 19.1 Å². The minimum atomic E-state index is -0.0779. The van der Waals surface area contributed by atoms with E-state index in [1.165, 1.54) is 11.0 Å². The third-order valence-electron chi connectivity index (χ3n) is 6.90. The van der Waals surface area contributed by atoms with Gasteiger partial charge in [-0.15, -0.1) is 15.3 Å². The van der Waals surface area contributed by atoms with Crippen LogP contribution in [0.15, 0.2) is 30.5 Å². The number of aryl methyl sites for hydroxylation is 1. The number of nitrogens with one attached hydrogen (secondary N) is 1. The van der Waals surface area contributed by atoms with E-state index >= 15 is 0 Å². The van der Waals surface area contributed by atoms with Gasteiger partial charge in [0.1, 0.15) is 0 Å². The van der Waals surface area contributed by atoms with Crippen LogP contribution >= 0.6 is 11.6 Å². The average Bonchev–Trinajstić information content (AvgIpc) is 3.60. The molecule has 0 unspecified atom stereocenters. The molecule has 0 radical (unpaired) electrons. The molecule has 5 rings (SSSR count). The molecule has 37 heavy (non-hydrogen) atoms. The smallest absolute Gasteiger partial charge is 0.276 e. The highest BCUT2D eigenvalue weighted by Gasteiger charge is 2.30. The number of aromatic nitrogens is 7. The van der Waals surface area contributed by atoms with E-state index in [0.717, 1.165) is 37.1 Å². The first-order chi connectivity index (χ1) is 18.0. The van der Waals surface area contributed by atoms with Crippen molar-refractivity contribution in [2.75, 3.05) is 39.3 Å². The van der Waals surface area contributed by atoms with Gasteiger partial charge in [0.2, 0.25) is 5.91 Å². The lowest BCUT2D eigenvalue weighted by Gasteiger charge is -2.42. The van der Waals surface area contributed by atoms with Gasteiger partial charge in [0.05, 0.1) is 12.7 Å². The molecule has 1 N–H and O–H groups in total. The summed E-state index contributed by atoms with van der Waals surface area (Å²) in [5, 5.41) is 22.8. The number of carbonyl (C=O) groups excluding carboxylic acids is 2. The number of nitrogens with zero attached hydrogens (tertiary/aromatic N) is 9. The van der Waals surface area contributed by atoms with Crippen molar-refractivity contribution < 1.29 is 9.59 Å². The highest BCUT2D eigenvalue weighted by atomic mass is 35.5. The number of hydrogen-bond donors (Lipinski definition) is 1.